The summed E-state index contributed by atoms with van der Waals surface area (Å²) in [5, 5.41) is 9.15. The standard InChI is InChI=1S/C20H18FN3O4S2/c1-20(2)18(25)23(15-10-5-12(11-22)17(28-3)16(15)21)19(29)24(20)13-6-8-14(9-7-13)30(4,26)27/h5-10H,1-4H3. The number of hydrogen-bond acceptors (Lipinski definition) is 6. The summed E-state index contributed by atoms with van der Waals surface area (Å²) in [6.45, 7) is 3.26. The van der Waals surface area contributed by atoms with E-state index in [0.29, 0.717) is 5.69 Å². The summed E-state index contributed by atoms with van der Waals surface area (Å²) in [6.07, 6.45) is 1.10. The lowest BCUT2D eigenvalue weighted by atomic mass is 10.0. The molecule has 0 unspecified atom stereocenters. The van der Waals surface area contributed by atoms with E-state index < -0.39 is 27.1 Å². The van der Waals surface area contributed by atoms with Crippen molar-refractivity contribution in [2.75, 3.05) is 23.2 Å². The number of nitrogens with zero attached hydrogens (tertiary/aromatic N) is 3. The number of halogens is 1. The Morgan fingerprint density at radius 2 is 1.77 bits per heavy atom. The highest BCUT2D eigenvalue weighted by atomic mass is 32.2. The van der Waals surface area contributed by atoms with Crippen molar-refractivity contribution in [3.05, 3.63) is 47.8 Å². The third-order valence-electron chi connectivity index (χ3n) is 4.83. The van der Waals surface area contributed by atoms with Gasteiger partial charge in [0.25, 0.3) is 5.91 Å². The number of methoxy groups -OCH3 is 1. The molecule has 2 aromatic carbocycles. The van der Waals surface area contributed by atoms with Crippen LogP contribution in [0.4, 0.5) is 15.8 Å². The molecule has 10 heteroatoms. The fourth-order valence-corrected chi connectivity index (χ4v) is 4.43. The van der Waals surface area contributed by atoms with Gasteiger partial charge < -0.3 is 9.64 Å². The summed E-state index contributed by atoms with van der Waals surface area (Å²) in [4.78, 5) is 15.9. The molecule has 0 N–H and O–H groups in total. The Morgan fingerprint density at radius 3 is 2.27 bits per heavy atom. The molecular weight excluding hydrogens is 429 g/mol. The Kier molecular flexibility index (Phi) is 5.30. The Labute approximate surface area is 179 Å². The van der Waals surface area contributed by atoms with Crippen molar-refractivity contribution < 1.29 is 22.3 Å². The molecule has 3 rings (SSSR count). The van der Waals surface area contributed by atoms with Gasteiger partial charge in [-0.05, 0) is 62.5 Å². The van der Waals surface area contributed by atoms with E-state index in [1.807, 2.05) is 6.07 Å². The number of carbonyl (C=O) groups excluding carboxylic acids is 1. The second-order valence-electron chi connectivity index (χ2n) is 7.17. The van der Waals surface area contributed by atoms with Crippen LogP contribution in [-0.2, 0) is 14.6 Å². The van der Waals surface area contributed by atoms with Crippen LogP contribution in [0.2, 0.25) is 0 Å². The molecule has 0 aromatic heterocycles. The number of amides is 1. The molecular formula is C20H18FN3O4S2. The highest BCUT2D eigenvalue weighted by molar-refractivity contribution is 7.90. The summed E-state index contributed by atoms with van der Waals surface area (Å²) < 4.78 is 43.5. The SMILES string of the molecule is COc1c(C#N)ccc(N2C(=O)C(C)(C)N(c3ccc(S(C)(=O)=O)cc3)C2=S)c1F. The maximum Gasteiger partial charge on any atom is 0.259 e. The summed E-state index contributed by atoms with van der Waals surface area (Å²) in [5.74, 6) is -1.64. The van der Waals surface area contributed by atoms with Crippen LogP contribution in [0.5, 0.6) is 5.75 Å². The molecule has 1 heterocycles. The molecule has 1 fully saturated rings. The van der Waals surface area contributed by atoms with Gasteiger partial charge in [0.1, 0.15) is 11.6 Å². The largest absolute Gasteiger partial charge is 0.492 e. The molecule has 0 aliphatic carbocycles. The number of thiocarbonyl (C=S) groups is 1. The van der Waals surface area contributed by atoms with Gasteiger partial charge in [-0.1, -0.05) is 0 Å². The normalized spacial score (nSPS) is 16.0. The van der Waals surface area contributed by atoms with E-state index in [1.54, 1.807) is 13.8 Å². The predicted molar refractivity (Wildman–Crippen MR) is 114 cm³/mol. The Morgan fingerprint density at radius 1 is 1.17 bits per heavy atom. The number of benzene rings is 2. The van der Waals surface area contributed by atoms with Crippen molar-refractivity contribution >= 4 is 44.4 Å². The molecule has 0 saturated carbocycles. The highest BCUT2D eigenvalue weighted by Gasteiger charge is 2.51. The first-order valence-electron chi connectivity index (χ1n) is 8.70. The third kappa shape index (κ3) is 3.30. The molecule has 30 heavy (non-hydrogen) atoms. The van der Waals surface area contributed by atoms with Gasteiger partial charge in [-0.25, -0.2) is 12.8 Å². The van der Waals surface area contributed by atoms with E-state index in [2.05, 4.69) is 0 Å². The molecule has 1 amide bonds. The first-order valence-corrected chi connectivity index (χ1v) is 11.0. The van der Waals surface area contributed by atoms with Crippen LogP contribution in [0.3, 0.4) is 0 Å². The predicted octanol–water partition coefficient (Wildman–Crippen LogP) is 3.03. The molecule has 1 saturated heterocycles. The third-order valence-corrected chi connectivity index (χ3v) is 6.33. The zero-order valence-electron chi connectivity index (χ0n) is 16.6. The second kappa shape index (κ2) is 7.34. The zero-order chi connectivity index (χ0) is 22.4. The minimum atomic E-state index is -3.39. The van der Waals surface area contributed by atoms with Crippen molar-refractivity contribution in [2.24, 2.45) is 0 Å². The fraction of sp³-hybridized carbons (Fsp3) is 0.250. The summed E-state index contributed by atoms with van der Waals surface area (Å²) in [5.41, 5.74) is -0.834. The number of sulfone groups is 1. The first-order chi connectivity index (χ1) is 13.9. The molecule has 0 atom stereocenters. The van der Waals surface area contributed by atoms with Crippen LogP contribution in [0.1, 0.15) is 19.4 Å². The lowest BCUT2D eigenvalue weighted by Gasteiger charge is -2.29. The van der Waals surface area contributed by atoms with E-state index >= 15 is 4.39 Å². The molecule has 0 bridgehead atoms. The number of nitriles is 1. The van der Waals surface area contributed by atoms with Crippen LogP contribution in [-0.4, -0.2) is 38.3 Å². The number of ether oxygens (including phenoxy) is 1. The second-order valence-corrected chi connectivity index (χ2v) is 9.56. The Hall–Kier alpha value is -3.03. The van der Waals surface area contributed by atoms with Crippen LogP contribution >= 0.6 is 12.2 Å². The monoisotopic (exact) mass is 447 g/mol. The van der Waals surface area contributed by atoms with Gasteiger partial charge in [0, 0.05) is 11.9 Å². The van der Waals surface area contributed by atoms with Crippen molar-refractivity contribution in [1.29, 1.82) is 5.26 Å². The molecule has 0 spiro atoms. The van der Waals surface area contributed by atoms with E-state index in [4.69, 9.17) is 22.2 Å². The number of hydrogen-bond donors (Lipinski definition) is 0. The number of rotatable bonds is 4. The zero-order valence-corrected chi connectivity index (χ0v) is 18.3. The quantitative estimate of drug-likeness (QED) is 0.666. The van der Waals surface area contributed by atoms with Gasteiger partial charge in [-0.15, -0.1) is 0 Å². The van der Waals surface area contributed by atoms with Gasteiger partial charge >= 0.3 is 0 Å². The van der Waals surface area contributed by atoms with Gasteiger partial charge in [-0.3, -0.25) is 9.69 Å². The van der Waals surface area contributed by atoms with Crippen molar-refractivity contribution in [2.45, 2.75) is 24.3 Å². The van der Waals surface area contributed by atoms with Crippen LogP contribution < -0.4 is 14.5 Å². The van der Waals surface area contributed by atoms with E-state index in [1.165, 1.54) is 48.4 Å². The van der Waals surface area contributed by atoms with E-state index in [-0.39, 0.29) is 27.0 Å². The topological polar surface area (TPSA) is 90.7 Å². The lowest BCUT2D eigenvalue weighted by molar-refractivity contribution is -0.120. The average Bonchev–Trinajstić information content (AvgIpc) is 2.85. The summed E-state index contributed by atoms with van der Waals surface area (Å²) in [6, 6.07) is 10.4. The van der Waals surface area contributed by atoms with Gasteiger partial charge in [-0.2, -0.15) is 5.26 Å². The minimum Gasteiger partial charge on any atom is -0.492 e. The smallest absolute Gasteiger partial charge is 0.259 e. The van der Waals surface area contributed by atoms with Crippen molar-refractivity contribution in [3.63, 3.8) is 0 Å². The van der Waals surface area contributed by atoms with Gasteiger partial charge in [0.2, 0.25) is 0 Å². The first kappa shape index (κ1) is 21.7. The highest BCUT2D eigenvalue weighted by Crippen LogP contribution is 2.39. The van der Waals surface area contributed by atoms with Crippen molar-refractivity contribution in [1.82, 2.24) is 0 Å². The Bertz CT molecular complexity index is 1200. The molecule has 1 aliphatic rings. The van der Waals surface area contributed by atoms with Crippen molar-refractivity contribution in [3.8, 4) is 11.8 Å². The average molecular weight is 448 g/mol. The van der Waals surface area contributed by atoms with E-state index in [9.17, 15) is 13.2 Å². The number of anilines is 2. The summed E-state index contributed by atoms with van der Waals surface area (Å²) >= 11 is 5.50. The molecule has 7 nitrogen and oxygen atoms in total. The van der Waals surface area contributed by atoms with E-state index in [0.717, 1.165) is 11.2 Å². The summed E-state index contributed by atoms with van der Waals surface area (Å²) in [7, 11) is -2.16. The molecule has 0 radical (unpaired) electrons. The molecule has 1 aliphatic heterocycles. The maximum absolute atomic E-state index is 15.1. The molecule has 2 aromatic rings. The maximum atomic E-state index is 15.1. The lowest BCUT2D eigenvalue weighted by Crippen LogP contribution is -2.44. The minimum absolute atomic E-state index is 0.0104. The van der Waals surface area contributed by atoms with Crippen LogP contribution in [0.15, 0.2) is 41.3 Å². The molecule has 156 valence electrons. The van der Waals surface area contributed by atoms with Crippen LogP contribution in [0.25, 0.3) is 0 Å². The number of carbonyl (C=O) groups is 1. The van der Waals surface area contributed by atoms with Crippen LogP contribution in [0, 0.1) is 17.1 Å². The Balaban J connectivity index is 2.11. The van der Waals surface area contributed by atoms with Gasteiger partial charge in [0.15, 0.2) is 26.5 Å². The fourth-order valence-electron chi connectivity index (χ4n) is 3.29. The van der Waals surface area contributed by atoms with Gasteiger partial charge in [0.05, 0.1) is 23.3 Å².